The Hall–Kier alpha value is -0.590. The molecule has 0 saturated carbocycles. The molecule has 0 aromatic rings. The Bertz CT molecular complexity index is 223. The summed E-state index contributed by atoms with van der Waals surface area (Å²) in [7, 11) is 0. The minimum Gasteiger partial charge on any atom is -0.395 e. The van der Waals surface area contributed by atoms with Crippen molar-refractivity contribution < 1.29 is 5.11 Å². The Balaban J connectivity index is 1.98. The molecule has 2 aliphatic heterocycles. The van der Waals surface area contributed by atoms with E-state index in [4.69, 9.17) is 10.4 Å². The maximum Gasteiger partial charge on any atom is 0.0656 e. The molecule has 0 aromatic heterocycles. The van der Waals surface area contributed by atoms with E-state index in [0.717, 1.165) is 25.8 Å². The average molecular weight is 180 g/mol. The molecule has 2 rings (SSSR count). The zero-order valence-corrected chi connectivity index (χ0v) is 7.82. The highest BCUT2D eigenvalue weighted by Gasteiger charge is 2.37. The molecule has 3 heteroatoms. The number of aliphatic hydroxyl groups excluding tert-OH is 1. The third-order valence-electron chi connectivity index (χ3n) is 3.46. The highest BCUT2D eigenvalue weighted by Crippen LogP contribution is 2.33. The Morgan fingerprint density at radius 2 is 2.23 bits per heavy atom. The number of nitrogens with zero attached hydrogens (tertiary/aromatic N) is 2. The van der Waals surface area contributed by atoms with E-state index in [9.17, 15) is 0 Å². The molecule has 0 aromatic carbocycles. The van der Waals surface area contributed by atoms with Crippen molar-refractivity contribution in [2.75, 3.05) is 13.2 Å². The second-order valence-corrected chi connectivity index (χ2v) is 4.16. The van der Waals surface area contributed by atoms with Gasteiger partial charge in [0.25, 0.3) is 0 Å². The van der Waals surface area contributed by atoms with Crippen LogP contribution in [0.4, 0.5) is 0 Å². The molecule has 0 amide bonds. The van der Waals surface area contributed by atoms with Gasteiger partial charge in [0.2, 0.25) is 0 Å². The van der Waals surface area contributed by atoms with Gasteiger partial charge < -0.3 is 5.11 Å². The summed E-state index contributed by atoms with van der Waals surface area (Å²) in [5.74, 6) is 0.263. The average Bonchev–Trinajstić information content (AvgIpc) is 2.59. The van der Waals surface area contributed by atoms with Crippen LogP contribution in [0.15, 0.2) is 0 Å². The lowest BCUT2D eigenvalue weighted by atomic mass is 9.92. The summed E-state index contributed by atoms with van der Waals surface area (Å²) < 4.78 is 0. The number of piperidine rings is 1. The Morgan fingerprint density at radius 1 is 1.38 bits per heavy atom. The van der Waals surface area contributed by atoms with Crippen LogP contribution in [0.2, 0.25) is 0 Å². The maximum atomic E-state index is 9.12. The largest absolute Gasteiger partial charge is 0.395 e. The number of aliphatic hydroxyl groups is 1. The number of rotatable bonds is 1. The van der Waals surface area contributed by atoms with Crippen LogP contribution in [-0.4, -0.2) is 35.2 Å². The molecule has 0 radical (unpaired) electrons. The van der Waals surface area contributed by atoms with Crippen LogP contribution >= 0.6 is 0 Å². The summed E-state index contributed by atoms with van der Waals surface area (Å²) in [6.45, 7) is 1.29. The van der Waals surface area contributed by atoms with Gasteiger partial charge in [-0.3, -0.25) is 4.90 Å². The zero-order valence-electron chi connectivity index (χ0n) is 7.82. The molecule has 2 aliphatic rings. The Kier molecular flexibility index (Phi) is 2.52. The molecule has 2 heterocycles. The molecule has 0 aliphatic carbocycles. The Labute approximate surface area is 79.0 Å². The lowest BCUT2D eigenvalue weighted by Gasteiger charge is -2.35. The van der Waals surface area contributed by atoms with E-state index in [1.165, 1.54) is 6.42 Å². The van der Waals surface area contributed by atoms with E-state index in [0.29, 0.717) is 12.1 Å². The van der Waals surface area contributed by atoms with Crippen LogP contribution in [0.5, 0.6) is 0 Å². The van der Waals surface area contributed by atoms with Crippen molar-refractivity contribution in [2.45, 2.75) is 37.8 Å². The first-order valence-corrected chi connectivity index (χ1v) is 5.11. The minimum atomic E-state index is 0.263. The van der Waals surface area contributed by atoms with Gasteiger partial charge in [-0.25, -0.2) is 0 Å². The van der Waals surface area contributed by atoms with E-state index < -0.39 is 0 Å². The van der Waals surface area contributed by atoms with E-state index in [-0.39, 0.29) is 12.5 Å². The molecular weight excluding hydrogens is 164 g/mol. The summed E-state index contributed by atoms with van der Waals surface area (Å²) in [6.07, 6.45) is 4.29. The summed E-state index contributed by atoms with van der Waals surface area (Å²) in [4.78, 5) is 2.40. The molecule has 3 nitrogen and oxygen atoms in total. The SMILES string of the molecule is N#CC1CCN2C(CO)CCC2C1. The van der Waals surface area contributed by atoms with E-state index in [1.54, 1.807) is 0 Å². The van der Waals surface area contributed by atoms with Crippen molar-refractivity contribution in [1.82, 2.24) is 4.90 Å². The van der Waals surface area contributed by atoms with Gasteiger partial charge in [-0.05, 0) is 25.7 Å². The van der Waals surface area contributed by atoms with Crippen LogP contribution in [0.1, 0.15) is 25.7 Å². The highest BCUT2D eigenvalue weighted by molar-refractivity contribution is 4.97. The second-order valence-electron chi connectivity index (χ2n) is 4.16. The topological polar surface area (TPSA) is 47.3 Å². The number of nitriles is 1. The third-order valence-corrected chi connectivity index (χ3v) is 3.46. The highest BCUT2D eigenvalue weighted by atomic mass is 16.3. The summed E-state index contributed by atoms with van der Waals surface area (Å²) in [5.41, 5.74) is 0. The van der Waals surface area contributed by atoms with Gasteiger partial charge in [0.05, 0.1) is 12.7 Å². The molecule has 3 unspecified atom stereocenters. The number of hydrogen-bond donors (Lipinski definition) is 1. The van der Waals surface area contributed by atoms with E-state index in [1.807, 2.05) is 0 Å². The first kappa shape index (κ1) is 8.98. The van der Waals surface area contributed by atoms with Gasteiger partial charge in [0.1, 0.15) is 0 Å². The van der Waals surface area contributed by atoms with Gasteiger partial charge in [-0.1, -0.05) is 0 Å². The maximum absolute atomic E-state index is 9.12. The molecule has 3 atom stereocenters. The minimum absolute atomic E-state index is 0.263. The van der Waals surface area contributed by atoms with Crippen LogP contribution < -0.4 is 0 Å². The van der Waals surface area contributed by atoms with Crippen LogP contribution in [-0.2, 0) is 0 Å². The standard InChI is InChI=1S/C10H16N2O/c11-6-8-3-4-12-9(5-8)1-2-10(12)7-13/h8-10,13H,1-5,7H2. The van der Waals surface area contributed by atoms with Gasteiger partial charge in [-0.2, -0.15) is 5.26 Å². The van der Waals surface area contributed by atoms with Crippen molar-refractivity contribution in [2.24, 2.45) is 5.92 Å². The smallest absolute Gasteiger partial charge is 0.0656 e. The predicted octanol–water partition coefficient (Wildman–Crippen LogP) is 0.745. The molecule has 0 bridgehead atoms. The molecule has 72 valence electrons. The first-order valence-electron chi connectivity index (χ1n) is 5.11. The fourth-order valence-electron chi connectivity index (χ4n) is 2.70. The van der Waals surface area contributed by atoms with Crippen molar-refractivity contribution in [3.05, 3.63) is 0 Å². The van der Waals surface area contributed by atoms with Crippen molar-refractivity contribution >= 4 is 0 Å². The third kappa shape index (κ3) is 1.56. The van der Waals surface area contributed by atoms with Gasteiger partial charge in [0.15, 0.2) is 0 Å². The van der Waals surface area contributed by atoms with Crippen molar-refractivity contribution in [3.8, 4) is 6.07 Å². The zero-order chi connectivity index (χ0) is 9.26. The summed E-state index contributed by atoms with van der Waals surface area (Å²) in [5, 5.41) is 17.9. The fourth-order valence-corrected chi connectivity index (χ4v) is 2.70. The van der Waals surface area contributed by atoms with E-state index in [2.05, 4.69) is 11.0 Å². The lowest BCUT2D eigenvalue weighted by molar-refractivity contribution is 0.0926. The molecule has 0 spiro atoms. The predicted molar refractivity (Wildman–Crippen MR) is 48.9 cm³/mol. The first-order chi connectivity index (χ1) is 6.35. The normalized spacial score (nSPS) is 39.8. The summed E-state index contributed by atoms with van der Waals surface area (Å²) in [6, 6.07) is 3.32. The van der Waals surface area contributed by atoms with Gasteiger partial charge in [-0.15, -0.1) is 0 Å². The number of fused-ring (bicyclic) bond motifs is 1. The quantitative estimate of drug-likeness (QED) is 0.647. The van der Waals surface area contributed by atoms with E-state index >= 15 is 0 Å². The van der Waals surface area contributed by atoms with Gasteiger partial charge >= 0.3 is 0 Å². The lowest BCUT2D eigenvalue weighted by Crippen LogP contribution is -2.43. The van der Waals surface area contributed by atoms with Crippen LogP contribution in [0.25, 0.3) is 0 Å². The van der Waals surface area contributed by atoms with Gasteiger partial charge in [0, 0.05) is 24.5 Å². The molecular formula is C10H16N2O. The van der Waals surface area contributed by atoms with Crippen LogP contribution in [0, 0.1) is 17.2 Å². The molecule has 2 fully saturated rings. The molecule has 13 heavy (non-hydrogen) atoms. The molecule has 1 N–H and O–H groups in total. The second kappa shape index (κ2) is 3.65. The fraction of sp³-hybridized carbons (Fsp3) is 0.900. The van der Waals surface area contributed by atoms with Crippen LogP contribution in [0.3, 0.4) is 0 Å². The monoisotopic (exact) mass is 180 g/mol. The number of hydrogen-bond acceptors (Lipinski definition) is 3. The van der Waals surface area contributed by atoms with Crippen molar-refractivity contribution in [3.63, 3.8) is 0 Å². The summed E-state index contributed by atoms with van der Waals surface area (Å²) >= 11 is 0. The Morgan fingerprint density at radius 3 is 2.92 bits per heavy atom. The molecule has 2 saturated heterocycles. The van der Waals surface area contributed by atoms with Crippen molar-refractivity contribution in [1.29, 1.82) is 5.26 Å².